The van der Waals surface area contributed by atoms with Gasteiger partial charge in [0.25, 0.3) is 0 Å². The highest BCUT2D eigenvalue weighted by atomic mass is 16.4. The Morgan fingerprint density at radius 2 is 1.40 bits per heavy atom. The highest BCUT2D eigenvalue weighted by molar-refractivity contribution is 5.90. The first kappa shape index (κ1) is 13.8. The van der Waals surface area contributed by atoms with Crippen molar-refractivity contribution < 1.29 is 19.8 Å². The molecule has 102 valence electrons. The van der Waals surface area contributed by atoms with Crippen molar-refractivity contribution >= 4 is 11.9 Å². The van der Waals surface area contributed by atoms with E-state index in [0.29, 0.717) is 5.56 Å². The lowest BCUT2D eigenvalue weighted by atomic mass is 9.93. The van der Waals surface area contributed by atoms with Gasteiger partial charge < -0.3 is 19.8 Å². The number of rotatable bonds is 3. The topological polar surface area (TPSA) is 80.3 Å². The van der Waals surface area contributed by atoms with E-state index in [4.69, 9.17) is 0 Å². The molecule has 0 atom stereocenters. The fourth-order valence-corrected chi connectivity index (χ4v) is 2.14. The first-order chi connectivity index (χ1) is 9.41. The summed E-state index contributed by atoms with van der Waals surface area (Å²) in [6.45, 7) is 3.54. The third-order valence-corrected chi connectivity index (χ3v) is 3.44. The second kappa shape index (κ2) is 5.17. The molecule has 0 aliphatic carbocycles. The average Bonchev–Trinajstić information content (AvgIpc) is 2.41. The van der Waals surface area contributed by atoms with E-state index in [1.165, 1.54) is 18.2 Å². The molecular weight excluding hydrogens is 256 g/mol. The Labute approximate surface area is 116 Å². The number of carboxylic acids is 2. The third kappa shape index (κ3) is 2.40. The molecule has 2 aromatic carbocycles. The summed E-state index contributed by atoms with van der Waals surface area (Å²) in [5.41, 5.74) is 3.42. The summed E-state index contributed by atoms with van der Waals surface area (Å²) < 4.78 is 0. The smallest absolute Gasteiger partial charge is 0.0718 e. The number of carbonyl (C=O) groups excluding carboxylic acids is 2. The van der Waals surface area contributed by atoms with E-state index in [1.807, 2.05) is 6.92 Å². The van der Waals surface area contributed by atoms with Crippen molar-refractivity contribution in [3.63, 3.8) is 0 Å². The average molecular weight is 268 g/mol. The predicted octanol–water partition coefficient (Wildman–Crippen LogP) is 0.697. The lowest BCUT2D eigenvalue weighted by Crippen LogP contribution is -2.23. The lowest BCUT2D eigenvalue weighted by molar-refractivity contribution is -0.256. The second-order valence-corrected chi connectivity index (χ2v) is 4.56. The van der Waals surface area contributed by atoms with E-state index in [1.54, 1.807) is 25.1 Å². The zero-order valence-corrected chi connectivity index (χ0v) is 11.1. The number of carboxylic acid groups (broad SMARTS) is 2. The largest absolute Gasteiger partial charge is 0.545 e. The van der Waals surface area contributed by atoms with E-state index in [-0.39, 0.29) is 11.1 Å². The van der Waals surface area contributed by atoms with Gasteiger partial charge in [-0.1, -0.05) is 36.4 Å². The first-order valence-electron chi connectivity index (χ1n) is 6.05. The van der Waals surface area contributed by atoms with Crippen molar-refractivity contribution in [1.82, 2.24) is 0 Å². The number of benzene rings is 2. The van der Waals surface area contributed by atoms with Gasteiger partial charge in [-0.25, -0.2) is 0 Å². The van der Waals surface area contributed by atoms with Crippen molar-refractivity contribution in [2.24, 2.45) is 0 Å². The van der Waals surface area contributed by atoms with Crippen LogP contribution in [0.1, 0.15) is 31.8 Å². The van der Waals surface area contributed by atoms with Crippen LogP contribution in [0.4, 0.5) is 0 Å². The van der Waals surface area contributed by atoms with Crippen LogP contribution in [0.2, 0.25) is 0 Å². The minimum absolute atomic E-state index is 0.106. The Morgan fingerprint density at radius 1 is 0.800 bits per heavy atom. The molecule has 0 amide bonds. The summed E-state index contributed by atoms with van der Waals surface area (Å²) in [7, 11) is 0. The fraction of sp³-hybridized carbons (Fsp3) is 0.125. The highest BCUT2D eigenvalue weighted by Gasteiger charge is 2.08. The van der Waals surface area contributed by atoms with E-state index in [2.05, 4.69) is 0 Å². The molecule has 0 aliphatic heterocycles. The molecule has 0 N–H and O–H groups in total. The van der Waals surface area contributed by atoms with Crippen molar-refractivity contribution in [3.8, 4) is 11.1 Å². The number of carbonyl (C=O) groups is 2. The van der Waals surface area contributed by atoms with Gasteiger partial charge in [-0.2, -0.15) is 0 Å². The Kier molecular flexibility index (Phi) is 3.57. The molecule has 20 heavy (non-hydrogen) atoms. The molecular formula is C16H12O4-2. The Morgan fingerprint density at radius 3 is 1.90 bits per heavy atom. The van der Waals surface area contributed by atoms with Gasteiger partial charge in [-0.05, 0) is 41.7 Å². The Balaban J connectivity index is 2.51. The molecule has 0 radical (unpaired) electrons. The van der Waals surface area contributed by atoms with Crippen LogP contribution in [0.3, 0.4) is 0 Å². The van der Waals surface area contributed by atoms with Gasteiger partial charge in [-0.15, -0.1) is 0 Å². The van der Waals surface area contributed by atoms with Crippen molar-refractivity contribution in [3.05, 3.63) is 58.7 Å². The van der Waals surface area contributed by atoms with Crippen LogP contribution in [0, 0.1) is 13.8 Å². The van der Waals surface area contributed by atoms with Gasteiger partial charge in [0.05, 0.1) is 11.9 Å². The van der Waals surface area contributed by atoms with E-state index in [9.17, 15) is 19.8 Å². The molecule has 0 aliphatic rings. The number of hydrogen-bond donors (Lipinski definition) is 0. The predicted molar refractivity (Wildman–Crippen MR) is 70.0 cm³/mol. The summed E-state index contributed by atoms with van der Waals surface area (Å²) in [6, 6.07) is 9.47. The fourth-order valence-electron chi connectivity index (χ4n) is 2.14. The van der Waals surface area contributed by atoms with E-state index < -0.39 is 11.9 Å². The summed E-state index contributed by atoms with van der Waals surface area (Å²) in [5, 5.41) is 21.7. The minimum atomic E-state index is -1.23. The van der Waals surface area contributed by atoms with Crippen LogP contribution in [0.25, 0.3) is 11.1 Å². The molecule has 0 saturated heterocycles. The molecule has 0 heterocycles. The molecule has 2 aromatic rings. The maximum Gasteiger partial charge on any atom is 0.0718 e. The minimum Gasteiger partial charge on any atom is -0.545 e. The second-order valence-electron chi connectivity index (χ2n) is 4.56. The Hall–Kier alpha value is -2.62. The zero-order valence-electron chi connectivity index (χ0n) is 11.1. The third-order valence-electron chi connectivity index (χ3n) is 3.44. The summed E-state index contributed by atoms with van der Waals surface area (Å²) in [5.74, 6) is -2.43. The zero-order chi connectivity index (χ0) is 14.9. The van der Waals surface area contributed by atoms with Crippen LogP contribution >= 0.6 is 0 Å². The Bertz CT molecular complexity index is 684. The van der Waals surface area contributed by atoms with Crippen LogP contribution in [0.5, 0.6) is 0 Å². The SMILES string of the molecule is Cc1c(C(=O)[O-])ccc(-c2ccc(C(=O)[O-])cc2)c1C. The van der Waals surface area contributed by atoms with E-state index >= 15 is 0 Å². The molecule has 2 rings (SSSR count). The van der Waals surface area contributed by atoms with Crippen LogP contribution in [0.15, 0.2) is 36.4 Å². The summed E-state index contributed by atoms with van der Waals surface area (Å²) in [6.07, 6.45) is 0. The lowest BCUT2D eigenvalue weighted by Gasteiger charge is -2.14. The van der Waals surface area contributed by atoms with Gasteiger partial charge in [0.15, 0.2) is 0 Å². The quantitative estimate of drug-likeness (QED) is 0.820. The van der Waals surface area contributed by atoms with Crippen LogP contribution in [-0.4, -0.2) is 11.9 Å². The number of hydrogen-bond acceptors (Lipinski definition) is 4. The van der Waals surface area contributed by atoms with Gasteiger partial charge in [0, 0.05) is 5.56 Å². The van der Waals surface area contributed by atoms with Gasteiger partial charge >= 0.3 is 0 Å². The molecule has 0 unspecified atom stereocenters. The van der Waals surface area contributed by atoms with Crippen molar-refractivity contribution in [1.29, 1.82) is 0 Å². The maximum absolute atomic E-state index is 11.0. The number of aromatic carboxylic acids is 2. The monoisotopic (exact) mass is 268 g/mol. The molecule has 0 saturated carbocycles. The van der Waals surface area contributed by atoms with Crippen LogP contribution < -0.4 is 10.2 Å². The van der Waals surface area contributed by atoms with Crippen molar-refractivity contribution in [2.45, 2.75) is 13.8 Å². The highest BCUT2D eigenvalue weighted by Crippen LogP contribution is 2.27. The normalized spacial score (nSPS) is 10.3. The first-order valence-corrected chi connectivity index (χ1v) is 6.05. The molecule has 0 bridgehead atoms. The molecule has 0 fully saturated rings. The molecule has 0 aromatic heterocycles. The van der Waals surface area contributed by atoms with Crippen molar-refractivity contribution in [2.75, 3.05) is 0 Å². The molecule has 4 nitrogen and oxygen atoms in total. The van der Waals surface area contributed by atoms with Gasteiger partial charge in [-0.3, -0.25) is 0 Å². The summed E-state index contributed by atoms with van der Waals surface area (Å²) in [4.78, 5) is 21.7. The molecule has 0 spiro atoms. The van der Waals surface area contributed by atoms with Gasteiger partial charge in [0.2, 0.25) is 0 Å². The molecule has 4 heteroatoms. The van der Waals surface area contributed by atoms with E-state index in [0.717, 1.165) is 16.7 Å². The standard InChI is InChI=1S/C16H14O4/c1-9-10(2)14(16(19)20)8-7-13(9)11-3-5-12(6-4-11)15(17)18/h3-8H,1-2H3,(H,17,18)(H,19,20)/p-2. The summed E-state index contributed by atoms with van der Waals surface area (Å²) >= 11 is 0. The van der Waals surface area contributed by atoms with Gasteiger partial charge in [0.1, 0.15) is 0 Å². The van der Waals surface area contributed by atoms with Crippen LogP contribution in [-0.2, 0) is 0 Å². The maximum atomic E-state index is 11.0.